The molecule has 1 aromatic carbocycles. The summed E-state index contributed by atoms with van der Waals surface area (Å²) in [6.45, 7) is 2.11. The molecule has 0 saturated carbocycles. The van der Waals surface area contributed by atoms with Crippen molar-refractivity contribution in [1.82, 2.24) is 15.0 Å². The van der Waals surface area contributed by atoms with Gasteiger partial charge in [-0.25, -0.2) is 15.0 Å². The van der Waals surface area contributed by atoms with Crippen LogP contribution in [0.4, 0.5) is 5.95 Å². The van der Waals surface area contributed by atoms with Gasteiger partial charge in [-0.3, -0.25) is 0 Å². The van der Waals surface area contributed by atoms with Gasteiger partial charge in [0.1, 0.15) is 11.3 Å². The minimum Gasteiger partial charge on any atom is -0.497 e. The van der Waals surface area contributed by atoms with E-state index in [9.17, 15) is 0 Å². The first-order valence-electron chi connectivity index (χ1n) is 7.29. The summed E-state index contributed by atoms with van der Waals surface area (Å²) >= 11 is 0. The predicted octanol–water partition coefficient (Wildman–Crippen LogP) is 3.24. The molecule has 0 radical (unpaired) electrons. The van der Waals surface area contributed by atoms with E-state index in [4.69, 9.17) is 15.5 Å². The predicted molar refractivity (Wildman–Crippen MR) is 87.7 cm³/mol. The van der Waals surface area contributed by atoms with E-state index >= 15 is 0 Å². The number of fused-ring (bicyclic) bond motifs is 1. The van der Waals surface area contributed by atoms with Crippen LogP contribution in [0.2, 0.25) is 0 Å². The van der Waals surface area contributed by atoms with Crippen molar-refractivity contribution in [2.75, 3.05) is 12.8 Å². The number of nitrogens with zero attached hydrogens (tertiary/aromatic N) is 3. The lowest BCUT2D eigenvalue weighted by atomic mass is 10.1. The SMILES string of the molecule is CCCc1nc(N)nc2ccc(-c3ccc(OC)cc3)nc12. The molecule has 5 heteroatoms. The van der Waals surface area contributed by atoms with Crippen molar-refractivity contribution in [3.8, 4) is 17.0 Å². The number of anilines is 1. The second-order valence-corrected chi connectivity index (χ2v) is 5.07. The smallest absolute Gasteiger partial charge is 0.220 e. The topological polar surface area (TPSA) is 73.9 Å². The largest absolute Gasteiger partial charge is 0.497 e. The number of methoxy groups -OCH3 is 1. The van der Waals surface area contributed by atoms with Crippen LogP contribution >= 0.6 is 0 Å². The normalized spacial score (nSPS) is 10.8. The van der Waals surface area contributed by atoms with E-state index in [1.54, 1.807) is 7.11 Å². The van der Waals surface area contributed by atoms with Crippen molar-refractivity contribution in [1.29, 1.82) is 0 Å². The summed E-state index contributed by atoms with van der Waals surface area (Å²) in [5.41, 5.74) is 10.2. The molecule has 0 aliphatic carbocycles. The third-order valence-electron chi connectivity index (χ3n) is 3.50. The van der Waals surface area contributed by atoms with Crippen molar-refractivity contribution in [3.63, 3.8) is 0 Å². The number of nitrogen functional groups attached to an aromatic ring is 1. The fraction of sp³-hybridized carbons (Fsp3) is 0.235. The highest BCUT2D eigenvalue weighted by atomic mass is 16.5. The first-order valence-corrected chi connectivity index (χ1v) is 7.29. The van der Waals surface area contributed by atoms with E-state index in [1.807, 2.05) is 36.4 Å². The Balaban J connectivity index is 2.11. The van der Waals surface area contributed by atoms with Gasteiger partial charge in [0, 0.05) is 5.56 Å². The molecule has 3 aromatic rings. The van der Waals surface area contributed by atoms with Gasteiger partial charge in [0.25, 0.3) is 0 Å². The van der Waals surface area contributed by atoms with E-state index < -0.39 is 0 Å². The standard InChI is InChI=1S/C17H18N4O/c1-3-4-14-16-15(21-17(18)20-14)10-9-13(19-16)11-5-7-12(22-2)8-6-11/h5-10H,3-4H2,1-2H3,(H2,18,20,21). The first kappa shape index (κ1) is 14.3. The van der Waals surface area contributed by atoms with E-state index in [-0.39, 0.29) is 0 Å². The van der Waals surface area contributed by atoms with Gasteiger partial charge in [-0.1, -0.05) is 13.3 Å². The highest BCUT2D eigenvalue weighted by Crippen LogP contribution is 2.24. The molecule has 0 unspecified atom stereocenters. The number of hydrogen-bond donors (Lipinski definition) is 1. The molecule has 2 heterocycles. The average molecular weight is 294 g/mol. The van der Waals surface area contributed by atoms with Gasteiger partial charge in [0.05, 0.1) is 24.0 Å². The molecule has 0 aliphatic rings. The van der Waals surface area contributed by atoms with Crippen LogP contribution in [0.5, 0.6) is 5.75 Å². The second kappa shape index (κ2) is 5.97. The maximum Gasteiger partial charge on any atom is 0.220 e. The Morgan fingerprint density at radius 1 is 1.00 bits per heavy atom. The summed E-state index contributed by atoms with van der Waals surface area (Å²) in [4.78, 5) is 13.3. The van der Waals surface area contributed by atoms with Crippen molar-refractivity contribution >= 4 is 17.0 Å². The van der Waals surface area contributed by atoms with Crippen LogP contribution in [0.25, 0.3) is 22.3 Å². The lowest BCUT2D eigenvalue weighted by Gasteiger charge is -2.08. The zero-order valence-corrected chi connectivity index (χ0v) is 12.7. The number of ether oxygens (including phenoxy) is 1. The Morgan fingerprint density at radius 2 is 1.77 bits per heavy atom. The number of benzene rings is 1. The molecule has 2 N–H and O–H groups in total. The fourth-order valence-corrected chi connectivity index (χ4v) is 2.43. The molecule has 0 spiro atoms. The Morgan fingerprint density at radius 3 is 2.45 bits per heavy atom. The third-order valence-corrected chi connectivity index (χ3v) is 3.50. The third kappa shape index (κ3) is 2.70. The van der Waals surface area contributed by atoms with Gasteiger partial charge in [-0.15, -0.1) is 0 Å². The highest BCUT2D eigenvalue weighted by Gasteiger charge is 2.09. The summed E-state index contributed by atoms with van der Waals surface area (Å²) in [5.74, 6) is 1.13. The van der Waals surface area contributed by atoms with Crippen LogP contribution < -0.4 is 10.5 Å². The van der Waals surface area contributed by atoms with Crippen LogP contribution in [0.3, 0.4) is 0 Å². The lowest BCUT2D eigenvalue weighted by molar-refractivity contribution is 0.415. The molecule has 0 amide bonds. The van der Waals surface area contributed by atoms with Gasteiger partial charge in [0.15, 0.2) is 0 Å². The van der Waals surface area contributed by atoms with E-state index in [0.29, 0.717) is 5.95 Å². The highest BCUT2D eigenvalue weighted by molar-refractivity contribution is 5.81. The first-order chi connectivity index (χ1) is 10.7. The Kier molecular flexibility index (Phi) is 3.87. The van der Waals surface area contributed by atoms with Crippen LogP contribution in [-0.2, 0) is 6.42 Å². The monoisotopic (exact) mass is 294 g/mol. The van der Waals surface area contributed by atoms with Crippen LogP contribution in [-0.4, -0.2) is 22.1 Å². The molecule has 0 saturated heterocycles. The molecule has 0 atom stereocenters. The number of nitrogens with two attached hydrogens (primary N) is 1. The molecular formula is C17H18N4O. The zero-order valence-electron chi connectivity index (χ0n) is 12.7. The van der Waals surface area contributed by atoms with Gasteiger partial charge in [-0.2, -0.15) is 0 Å². The quantitative estimate of drug-likeness (QED) is 0.799. The lowest BCUT2D eigenvalue weighted by Crippen LogP contribution is -2.02. The molecule has 112 valence electrons. The number of aromatic nitrogens is 3. The van der Waals surface area contributed by atoms with E-state index in [2.05, 4.69) is 16.9 Å². The van der Waals surface area contributed by atoms with Gasteiger partial charge in [0.2, 0.25) is 5.95 Å². The molecule has 22 heavy (non-hydrogen) atoms. The Labute approximate surface area is 129 Å². The molecule has 0 fully saturated rings. The molecule has 3 rings (SSSR count). The van der Waals surface area contributed by atoms with Crippen LogP contribution in [0.15, 0.2) is 36.4 Å². The molecular weight excluding hydrogens is 276 g/mol. The number of pyridine rings is 1. The van der Waals surface area contributed by atoms with Crippen LogP contribution in [0.1, 0.15) is 19.0 Å². The van der Waals surface area contributed by atoms with Gasteiger partial charge < -0.3 is 10.5 Å². The minimum absolute atomic E-state index is 0.301. The number of aryl methyl sites for hydroxylation is 1. The van der Waals surface area contributed by atoms with Crippen molar-refractivity contribution in [2.45, 2.75) is 19.8 Å². The fourth-order valence-electron chi connectivity index (χ4n) is 2.43. The minimum atomic E-state index is 0.301. The Bertz CT molecular complexity index is 800. The summed E-state index contributed by atoms with van der Waals surface area (Å²) in [6.07, 6.45) is 1.82. The number of rotatable bonds is 4. The second-order valence-electron chi connectivity index (χ2n) is 5.07. The Hall–Kier alpha value is -2.69. The number of hydrogen-bond acceptors (Lipinski definition) is 5. The van der Waals surface area contributed by atoms with E-state index in [1.165, 1.54) is 0 Å². The molecule has 5 nitrogen and oxygen atoms in total. The van der Waals surface area contributed by atoms with Gasteiger partial charge in [-0.05, 0) is 42.8 Å². The zero-order chi connectivity index (χ0) is 15.5. The maximum absolute atomic E-state index is 5.77. The molecule has 0 aliphatic heterocycles. The summed E-state index contributed by atoms with van der Waals surface area (Å²) in [6, 6.07) is 11.7. The molecule has 0 bridgehead atoms. The van der Waals surface area contributed by atoms with Crippen molar-refractivity contribution in [3.05, 3.63) is 42.1 Å². The molecule has 2 aromatic heterocycles. The van der Waals surface area contributed by atoms with Crippen LogP contribution in [0, 0.1) is 0 Å². The summed E-state index contributed by atoms with van der Waals surface area (Å²) in [7, 11) is 1.65. The summed E-state index contributed by atoms with van der Waals surface area (Å²) in [5, 5.41) is 0. The maximum atomic E-state index is 5.77. The average Bonchev–Trinajstić information content (AvgIpc) is 2.55. The van der Waals surface area contributed by atoms with Crippen molar-refractivity contribution in [2.24, 2.45) is 0 Å². The van der Waals surface area contributed by atoms with Crippen molar-refractivity contribution < 1.29 is 4.74 Å². The van der Waals surface area contributed by atoms with E-state index in [0.717, 1.165) is 46.6 Å². The van der Waals surface area contributed by atoms with Gasteiger partial charge >= 0.3 is 0 Å². The summed E-state index contributed by atoms with van der Waals surface area (Å²) < 4.78 is 5.19.